The highest BCUT2D eigenvalue weighted by atomic mass is 16.3. The lowest BCUT2D eigenvalue weighted by atomic mass is 10.0. The van der Waals surface area contributed by atoms with Crippen LogP contribution in [-0.2, 0) is 0 Å². The number of pyridine rings is 3. The van der Waals surface area contributed by atoms with E-state index in [0.29, 0.717) is 11.1 Å². The predicted molar refractivity (Wildman–Crippen MR) is 115 cm³/mol. The van der Waals surface area contributed by atoms with Crippen LogP contribution in [-0.4, -0.2) is 25.2 Å². The summed E-state index contributed by atoms with van der Waals surface area (Å²) in [6.07, 6.45) is 0. The molecule has 30 heavy (non-hydrogen) atoms. The molecular weight excluding hydrogens is 382 g/mol. The highest BCUT2D eigenvalue weighted by molar-refractivity contribution is 6.00. The van der Waals surface area contributed by atoms with E-state index >= 15 is 0 Å². The third kappa shape index (κ3) is 2.64. The Kier molecular flexibility index (Phi) is 3.89. The first-order valence-corrected chi connectivity index (χ1v) is 9.20. The van der Waals surface area contributed by atoms with E-state index in [-0.39, 0.29) is 44.7 Å². The molecule has 0 atom stereocenters. The first-order valence-electron chi connectivity index (χ1n) is 9.20. The normalized spacial score (nSPS) is 11.2. The molecule has 0 spiro atoms. The van der Waals surface area contributed by atoms with Gasteiger partial charge in [0.25, 0.3) is 11.1 Å². The smallest absolute Gasteiger partial charge is 0.261 e. The zero-order chi connectivity index (χ0) is 20.8. The van der Waals surface area contributed by atoms with Crippen LogP contribution < -0.4 is 11.1 Å². The van der Waals surface area contributed by atoms with E-state index in [4.69, 9.17) is 0 Å². The van der Waals surface area contributed by atoms with Crippen LogP contribution in [0.5, 0.6) is 11.5 Å². The van der Waals surface area contributed by atoms with E-state index in [1.807, 2.05) is 12.1 Å². The first-order chi connectivity index (χ1) is 14.5. The van der Waals surface area contributed by atoms with Gasteiger partial charge in [0.1, 0.15) is 22.8 Å². The molecule has 2 aromatic carbocycles. The van der Waals surface area contributed by atoms with Crippen LogP contribution in [0, 0.1) is 0 Å². The zero-order valence-electron chi connectivity index (χ0n) is 15.5. The van der Waals surface area contributed by atoms with Crippen molar-refractivity contribution >= 4 is 22.1 Å². The Morgan fingerprint density at radius 3 is 1.43 bits per heavy atom. The molecule has 7 heteroatoms. The van der Waals surface area contributed by atoms with Crippen molar-refractivity contribution in [1.29, 1.82) is 0 Å². The van der Waals surface area contributed by atoms with Gasteiger partial charge in [0.15, 0.2) is 0 Å². The molecule has 3 aromatic heterocycles. The third-order valence-electron chi connectivity index (χ3n) is 5.05. The SMILES string of the molecule is O=c1[nH]c2nc3[nH]c(=O)c(-c4ccccc4)c(O)c3cc2c(O)c1-c1ccccc1. The van der Waals surface area contributed by atoms with Gasteiger partial charge in [0.05, 0.1) is 21.9 Å². The maximum absolute atomic E-state index is 12.6. The van der Waals surface area contributed by atoms with E-state index in [0.717, 1.165) is 0 Å². The molecular formula is C23H15N3O4. The van der Waals surface area contributed by atoms with Crippen molar-refractivity contribution in [1.82, 2.24) is 15.0 Å². The van der Waals surface area contributed by atoms with E-state index in [9.17, 15) is 19.8 Å². The molecule has 3 heterocycles. The second-order valence-electron chi connectivity index (χ2n) is 6.87. The Hall–Kier alpha value is -4.39. The second-order valence-corrected chi connectivity index (χ2v) is 6.87. The van der Waals surface area contributed by atoms with Gasteiger partial charge >= 0.3 is 0 Å². The van der Waals surface area contributed by atoms with Crippen molar-refractivity contribution in [3.05, 3.63) is 87.4 Å². The van der Waals surface area contributed by atoms with Gasteiger partial charge in [-0.2, -0.15) is 0 Å². The molecule has 5 aromatic rings. The average molecular weight is 397 g/mol. The van der Waals surface area contributed by atoms with Gasteiger partial charge in [-0.15, -0.1) is 0 Å². The summed E-state index contributed by atoms with van der Waals surface area (Å²) in [5, 5.41) is 22.2. The van der Waals surface area contributed by atoms with Gasteiger partial charge in [-0.05, 0) is 17.2 Å². The van der Waals surface area contributed by atoms with Crippen LogP contribution in [0.2, 0.25) is 0 Å². The summed E-state index contributed by atoms with van der Waals surface area (Å²) in [6.45, 7) is 0. The minimum absolute atomic E-state index is 0.104. The van der Waals surface area contributed by atoms with E-state index in [2.05, 4.69) is 15.0 Å². The van der Waals surface area contributed by atoms with Crippen LogP contribution in [0.1, 0.15) is 0 Å². The minimum Gasteiger partial charge on any atom is -0.506 e. The van der Waals surface area contributed by atoms with Crippen molar-refractivity contribution < 1.29 is 10.2 Å². The van der Waals surface area contributed by atoms with Crippen LogP contribution in [0.4, 0.5) is 0 Å². The average Bonchev–Trinajstić information content (AvgIpc) is 2.74. The summed E-state index contributed by atoms with van der Waals surface area (Å²) < 4.78 is 0. The minimum atomic E-state index is -0.509. The highest BCUT2D eigenvalue weighted by Gasteiger charge is 2.19. The van der Waals surface area contributed by atoms with Gasteiger partial charge < -0.3 is 20.2 Å². The fourth-order valence-corrected chi connectivity index (χ4v) is 3.63. The summed E-state index contributed by atoms with van der Waals surface area (Å²) in [7, 11) is 0. The quantitative estimate of drug-likeness (QED) is 0.340. The number of aromatic amines is 2. The van der Waals surface area contributed by atoms with E-state index in [1.165, 1.54) is 6.07 Å². The number of hydrogen-bond donors (Lipinski definition) is 4. The van der Waals surface area contributed by atoms with Crippen molar-refractivity contribution in [2.24, 2.45) is 0 Å². The number of hydrogen-bond acceptors (Lipinski definition) is 5. The molecule has 0 saturated heterocycles. The first kappa shape index (κ1) is 17.7. The summed E-state index contributed by atoms with van der Waals surface area (Å²) in [5.74, 6) is -0.498. The number of H-pyrrole nitrogens is 2. The fraction of sp³-hybridized carbons (Fsp3) is 0. The topological polar surface area (TPSA) is 119 Å². The highest BCUT2D eigenvalue weighted by Crippen LogP contribution is 2.36. The lowest BCUT2D eigenvalue weighted by Crippen LogP contribution is -2.12. The number of nitrogens with zero attached hydrogens (tertiary/aromatic N) is 1. The molecule has 0 amide bonds. The second kappa shape index (κ2) is 6.59. The lowest BCUT2D eigenvalue weighted by Gasteiger charge is -2.11. The van der Waals surface area contributed by atoms with Crippen molar-refractivity contribution in [2.75, 3.05) is 0 Å². The van der Waals surface area contributed by atoms with Crippen molar-refractivity contribution in [3.8, 4) is 33.8 Å². The molecule has 0 radical (unpaired) electrons. The fourth-order valence-electron chi connectivity index (χ4n) is 3.63. The molecule has 0 aliphatic rings. The van der Waals surface area contributed by atoms with E-state index < -0.39 is 11.1 Å². The Morgan fingerprint density at radius 1 is 0.633 bits per heavy atom. The molecule has 4 N–H and O–H groups in total. The molecule has 0 aliphatic carbocycles. The van der Waals surface area contributed by atoms with Crippen molar-refractivity contribution in [3.63, 3.8) is 0 Å². The number of rotatable bonds is 2. The molecule has 0 saturated carbocycles. The summed E-state index contributed by atoms with van der Waals surface area (Å²) in [4.78, 5) is 34.7. The van der Waals surface area contributed by atoms with Gasteiger partial charge in [-0.25, -0.2) is 4.98 Å². The zero-order valence-corrected chi connectivity index (χ0v) is 15.5. The number of benzene rings is 2. The molecule has 0 fully saturated rings. The van der Waals surface area contributed by atoms with Gasteiger partial charge in [0.2, 0.25) is 0 Å². The standard InChI is InChI=1S/C23H15N3O4/c27-18-14-11-15-19(28)17(13-9-5-2-6-10-13)23(30)26-21(15)24-20(14)25-22(29)16(18)12-7-3-1-4-8-12/h1-11H,(H4,24,25,26,27,28,29,30). The van der Waals surface area contributed by atoms with Gasteiger partial charge in [-0.3, -0.25) is 9.59 Å². The number of nitrogens with one attached hydrogen (secondary N) is 2. The Balaban J connectivity index is 1.86. The van der Waals surface area contributed by atoms with Crippen LogP contribution in [0.3, 0.4) is 0 Å². The Labute approximate surface area is 168 Å². The Bertz CT molecular complexity index is 1420. The molecule has 7 nitrogen and oxygen atoms in total. The van der Waals surface area contributed by atoms with Crippen LogP contribution >= 0.6 is 0 Å². The lowest BCUT2D eigenvalue weighted by molar-refractivity contribution is 0.481. The number of fused-ring (bicyclic) bond motifs is 2. The molecule has 0 aliphatic heterocycles. The molecule has 0 unspecified atom stereocenters. The monoisotopic (exact) mass is 397 g/mol. The Morgan fingerprint density at radius 2 is 1.03 bits per heavy atom. The predicted octanol–water partition coefficient (Wildman–Crippen LogP) is 3.51. The molecule has 0 bridgehead atoms. The number of aromatic hydroxyl groups is 2. The summed E-state index contributed by atoms with van der Waals surface area (Å²) in [6, 6.07) is 19.0. The summed E-state index contributed by atoms with van der Waals surface area (Å²) >= 11 is 0. The maximum atomic E-state index is 12.6. The largest absolute Gasteiger partial charge is 0.506 e. The van der Waals surface area contributed by atoms with Crippen LogP contribution in [0.25, 0.3) is 44.3 Å². The molecule has 146 valence electrons. The maximum Gasteiger partial charge on any atom is 0.261 e. The van der Waals surface area contributed by atoms with Crippen LogP contribution in [0.15, 0.2) is 76.3 Å². The van der Waals surface area contributed by atoms with Crippen molar-refractivity contribution in [2.45, 2.75) is 0 Å². The number of aromatic nitrogens is 3. The van der Waals surface area contributed by atoms with Gasteiger partial charge in [-0.1, -0.05) is 60.7 Å². The third-order valence-corrected chi connectivity index (χ3v) is 5.05. The van der Waals surface area contributed by atoms with E-state index in [1.54, 1.807) is 48.5 Å². The molecule has 5 rings (SSSR count). The summed E-state index contributed by atoms with van der Waals surface area (Å²) in [5.41, 5.74) is 0.506. The van der Waals surface area contributed by atoms with Gasteiger partial charge in [0, 0.05) is 0 Å².